The predicted octanol–water partition coefficient (Wildman–Crippen LogP) is 5.22. The topological polar surface area (TPSA) is 75.0 Å². The molecule has 31 heavy (non-hydrogen) atoms. The Morgan fingerprint density at radius 3 is 2.61 bits per heavy atom. The number of carbonyl (C=O) groups excluding carboxylic acids is 1. The average molecular weight is 424 g/mol. The molecule has 1 aromatic heterocycles. The average Bonchev–Trinajstić information content (AvgIpc) is 2.73. The predicted molar refractivity (Wildman–Crippen MR) is 119 cm³/mol. The second kappa shape index (κ2) is 10.7. The minimum Gasteiger partial charge on any atom is -0.490 e. The molecule has 0 aliphatic heterocycles. The van der Waals surface area contributed by atoms with Gasteiger partial charge < -0.3 is 18.6 Å². The van der Waals surface area contributed by atoms with Crippen LogP contribution in [0, 0.1) is 6.92 Å². The van der Waals surface area contributed by atoms with Gasteiger partial charge in [-0.1, -0.05) is 19.4 Å². The van der Waals surface area contributed by atoms with Crippen LogP contribution in [0.1, 0.15) is 44.2 Å². The minimum absolute atomic E-state index is 0.206. The molecular weight excluding hydrogens is 396 g/mol. The Bertz CT molecular complexity index is 1100. The highest BCUT2D eigenvalue weighted by atomic mass is 16.5. The van der Waals surface area contributed by atoms with Gasteiger partial charge in [-0.25, -0.2) is 4.79 Å². The van der Waals surface area contributed by atoms with Gasteiger partial charge in [0, 0.05) is 23.9 Å². The molecule has 0 N–H and O–H groups in total. The summed E-state index contributed by atoms with van der Waals surface area (Å²) in [6.45, 7) is 7.05. The molecule has 0 amide bonds. The SMILES string of the molecule is CCCCOc1ccc(CCC(=O)Oc2ccc3c(C)cc(=O)oc3c2)cc1OCC. The molecule has 3 rings (SSSR count). The van der Waals surface area contributed by atoms with E-state index in [1.807, 2.05) is 32.0 Å². The quantitative estimate of drug-likeness (QED) is 0.192. The normalized spacial score (nSPS) is 10.8. The monoisotopic (exact) mass is 424 g/mol. The highest BCUT2D eigenvalue weighted by Crippen LogP contribution is 2.29. The summed E-state index contributed by atoms with van der Waals surface area (Å²) >= 11 is 0. The molecule has 0 saturated heterocycles. The molecule has 0 aliphatic rings. The Kier molecular flexibility index (Phi) is 7.70. The number of hydrogen-bond acceptors (Lipinski definition) is 6. The molecule has 2 aromatic carbocycles. The molecule has 0 atom stereocenters. The fraction of sp³-hybridized carbons (Fsp3) is 0.360. The third-order valence-electron chi connectivity index (χ3n) is 4.84. The minimum atomic E-state index is -0.430. The molecule has 0 fully saturated rings. The van der Waals surface area contributed by atoms with Gasteiger partial charge in [-0.3, -0.25) is 4.79 Å². The summed E-state index contributed by atoms with van der Waals surface area (Å²) in [7, 11) is 0. The summed E-state index contributed by atoms with van der Waals surface area (Å²) in [4.78, 5) is 23.9. The van der Waals surface area contributed by atoms with Crippen LogP contribution in [0.4, 0.5) is 0 Å². The number of ether oxygens (including phenoxy) is 3. The molecular formula is C25H28O6. The maximum atomic E-state index is 12.3. The van der Waals surface area contributed by atoms with Crippen LogP contribution in [-0.2, 0) is 11.2 Å². The van der Waals surface area contributed by atoms with Gasteiger partial charge >= 0.3 is 11.6 Å². The fourth-order valence-electron chi connectivity index (χ4n) is 3.22. The van der Waals surface area contributed by atoms with Crippen molar-refractivity contribution in [3.8, 4) is 17.2 Å². The second-order valence-electron chi connectivity index (χ2n) is 7.30. The van der Waals surface area contributed by atoms with Gasteiger partial charge in [0.25, 0.3) is 0 Å². The van der Waals surface area contributed by atoms with E-state index in [9.17, 15) is 9.59 Å². The summed E-state index contributed by atoms with van der Waals surface area (Å²) in [6, 6.07) is 12.2. The highest BCUT2D eigenvalue weighted by molar-refractivity contribution is 5.82. The van der Waals surface area contributed by atoms with Gasteiger partial charge in [0.15, 0.2) is 11.5 Å². The van der Waals surface area contributed by atoms with Crippen LogP contribution in [0.15, 0.2) is 51.7 Å². The summed E-state index contributed by atoms with van der Waals surface area (Å²) in [5.74, 6) is 1.38. The van der Waals surface area contributed by atoms with Crippen LogP contribution in [0.3, 0.4) is 0 Å². The number of rotatable bonds is 10. The lowest BCUT2D eigenvalue weighted by Gasteiger charge is -2.13. The number of carbonyl (C=O) groups is 1. The van der Waals surface area contributed by atoms with Crippen molar-refractivity contribution in [2.24, 2.45) is 0 Å². The van der Waals surface area contributed by atoms with E-state index in [2.05, 4.69) is 6.92 Å². The first-order valence-corrected chi connectivity index (χ1v) is 10.6. The van der Waals surface area contributed by atoms with E-state index in [-0.39, 0.29) is 12.4 Å². The lowest BCUT2D eigenvalue weighted by molar-refractivity contribution is -0.134. The smallest absolute Gasteiger partial charge is 0.336 e. The highest BCUT2D eigenvalue weighted by Gasteiger charge is 2.11. The van der Waals surface area contributed by atoms with E-state index in [0.29, 0.717) is 36.7 Å². The van der Waals surface area contributed by atoms with Crippen LogP contribution >= 0.6 is 0 Å². The second-order valence-corrected chi connectivity index (χ2v) is 7.30. The Morgan fingerprint density at radius 1 is 1.00 bits per heavy atom. The molecule has 6 heteroatoms. The molecule has 0 unspecified atom stereocenters. The Labute approximate surface area is 181 Å². The fourth-order valence-corrected chi connectivity index (χ4v) is 3.22. The van der Waals surface area contributed by atoms with E-state index in [0.717, 1.165) is 35.1 Å². The first-order chi connectivity index (χ1) is 15.0. The molecule has 1 heterocycles. The van der Waals surface area contributed by atoms with Gasteiger partial charge in [-0.05, 0) is 62.1 Å². The number of esters is 1. The van der Waals surface area contributed by atoms with Gasteiger partial charge in [-0.15, -0.1) is 0 Å². The van der Waals surface area contributed by atoms with Crippen LogP contribution in [0.5, 0.6) is 17.2 Å². The van der Waals surface area contributed by atoms with Crippen molar-refractivity contribution in [2.45, 2.75) is 46.5 Å². The maximum absolute atomic E-state index is 12.3. The first kappa shape index (κ1) is 22.4. The van der Waals surface area contributed by atoms with Gasteiger partial charge in [0.2, 0.25) is 0 Å². The zero-order valence-electron chi connectivity index (χ0n) is 18.2. The largest absolute Gasteiger partial charge is 0.490 e. The number of unbranched alkanes of at least 4 members (excludes halogenated alkanes) is 1. The molecule has 6 nitrogen and oxygen atoms in total. The summed E-state index contributed by atoms with van der Waals surface area (Å²) in [5.41, 5.74) is 1.75. The van der Waals surface area contributed by atoms with Crippen LogP contribution in [0.25, 0.3) is 11.0 Å². The van der Waals surface area contributed by atoms with Crippen LogP contribution < -0.4 is 19.8 Å². The van der Waals surface area contributed by atoms with Crippen molar-refractivity contribution in [3.63, 3.8) is 0 Å². The maximum Gasteiger partial charge on any atom is 0.336 e. The van der Waals surface area contributed by atoms with E-state index < -0.39 is 5.63 Å². The van der Waals surface area contributed by atoms with E-state index >= 15 is 0 Å². The molecule has 0 saturated carbocycles. The molecule has 164 valence electrons. The first-order valence-electron chi connectivity index (χ1n) is 10.6. The third kappa shape index (κ3) is 6.10. The molecule has 0 spiro atoms. The number of fused-ring (bicyclic) bond motifs is 1. The summed E-state index contributed by atoms with van der Waals surface area (Å²) in [5, 5.41) is 0.809. The lowest BCUT2D eigenvalue weighted by atomic mass is 10.1. The van der Waals surface area contributed by atoms with Gasteiger partial charge in [0.1, 0.15) is 11.3 Å². The van der Waals surface area contributed by atoms with Crippen LogP contribution in [-0.4, -0.2) is 19.2 Å². The number of benzene rings is 2. The standard InChI is InChI=1S/C25H28O6/c1-4-6-13-29-21-11-7-18(15-23(21)28-5-2)8-12-24(26)30-19-9-10-20-17(3)14-25(27)31-22(20)16-19/h7,9-11,14-16H,4-6,8,12-13H2,1-3H3. The van der Waals surface area contributed by atoms with Crippen molar-refractivity contribution in [1.29, 1.82) is 0 Å². The Hall–Kier alpha value is -3.28. The summed E-state index contributed by atoms with van der Waals surface area (Å²) in [6.07, 6.45) is 2.76. The molecule has 0 aliphatic carbocycles. The van der Waals surface area contributed by atoms with E-state index in [1.54, 1.807) is 18.2 Å². The van der Waals surface area contributed by atoms with Crippen molar-refractivity contribution in [2.75, 3.05) is 13.2 Å². The molecule has 0 bridgehead atoms. The van der Waals surface area contributed by atoms with Gasteiger partial charge in [-0.2, -0.15) is 0 Å². The van der Waals surface area contributed by atoms with E-state index in [1.165, 1.54) is 6.07 Å². The van der Waals surface area contributed by atoms with Crippen molar-refractivity contribution >= 4 is 16.9 Å². The zero-order valence-corrected chi connectivity index (χ0v) is 18.2. The third-order valence-corrected chi connectivity index (χ3v) is 4.84. The van der Waals surface area contributed by atoms with Gasteiger partial charge in [0.05, 0.1) is 13.2 Å². The van der Waals surface area contributed by atoms with Crippen LogP contribution in [0.2, 0.25) is 0 Å². The Balaban J connectivity index is 1.63. The lowest BCUT2D eigenvalue weighted by Crippen LogP contribution is -2.09. The number of aryl methyl sites for hydroxylation is 2. The van der Waals surface area contributed by atoms with Crippen molar-refractivity contribution < 1.29 is 23.4 Å². The summed E-state index contributed by atoms with van der Waals surface area (Å²) < 4.78 is 22.1. The Morgan fingerprint density at radius 2 is 1.84 bits per heavy atom. The zero-order chi connectivity index (χ0) is 22.2. The van der Waals surface area contributed by atoms with E-state index in [4.69, 9.17) is 18.6 Å². The molecule has 0 radical (unpaired) electrons. The number of hydrogen-bond donors (Lipinski definition) is 0. The molecule has 3 aromatic rings. The van der Waals surface area contributed by atoms with Crippen molar-refractivity contribution in [3.05, 3.63) is 64.0 Å². The van der Waals surface area contributed by atoms with Crippen molar-refractivity contribution in [1.82, 2.24) is 0 Å².